The molecule has 3 heteroatoms. The molecule has 0 saturated carbocycles. The minimum atomic E-state index is -0.0594. The van der Waals surface area contributed by atoms with Gasteiger partial charge in [-0.1, -0.05) is 0 Å². The molecule has 0 atom stereocenters. The molecule has 0 aliphatic carbocycles. The van der Waals surface area contributed by atoms with Crippen molar-refractivity contribution in [3.05, 3.63) is 0 Å². The van der Waals surface area contributed by atoms with Crippen LogP contribution in [0.15, 0.2) is 0 Å². The molecular weight excluding hydrogens is 142 g/mol. The number of Topliss-reactive ketones (excluding diaryl/α,β-unsaturated/α-hetero) is 1. The molecule has 1 aliphatic heterocycles. The summed E-state index contributed by atoms with van der Waals surface area (Å²) in [7, 11) is 0. The van der Waals surface area contributed by atoms with Gasteiger partial charge in [-0.05, 0) is 20.8 Å². The number of carbonyl (C=O) groups excluding carboxylic acids is 1. The average molecular weight is 157 g/mol. The van der Waals surface area contributed by atoms with Crippen LogP contribution in [0.5, 0.6) is 0 Å². The van der Waals surface area contributed by atoms with Crippen LogP contribution in [0, 0.1) is 0 Å². The SMILES string of the molecule is CC(C)(C)N1CC(=O)CCO1. The number of hydrogen-bond acceptors (Lipinski definition) is 3. The molecule has 0 bridgehead atoms. The molecule has 1 rings (SSSR count). The fraction of sp³-hybridized carbons (Fsp3) is 0.875. The second-order valence-corrected chi connectivity index (χ2v) is 3.83. The van der Waals surface area contributed by atoms with Crippen LogP contribution >= 0.6 is 0 Å². The molecule has 0 aromatic carbocycles. The summed E-state index contributed by atoms with van der Waals surface area (Å²) in [6, 6.07) is 0. The van der Waals surface area contributed by atoms with E-state index in [2.05, 4.69) is 0 Å². The second kappa shape index (κ2) is 2.91. The molecule has 1 heterocycles. The molecule has 0 amide bonds. The van der Waals surface area contributed by atoms with Gasteiger partial charge in [0.1, 0.15) is 0 Å². The van der Waals surface area contributed by atoms with Crippen molar-refractivity contribution in [2.24, 2.45) is 0 Å². The largest absolute Gasteiger partial charge is 0.298 e. The molecule has 64 valence electrons. The maximum absolute atomic E-state index is 11.0. The van der Waals surface area contributed by atoms with E-state index in [4.69, 9.17) is 4.84 Å². The van der Waals surface area contributed by atoms with Gasteiger partial charge in [0, 0.05) is 12.0 Å². The number of carbonyl (C=O) groups is 1. The van der Waals surface area contributed by atoms with E-state index in [1.165, 1.54) is 0 Å². The Morgan fingerprint density at radius 2 is 2.09 bits per heavy atom. The second-order valence-electron chi connectivity index (χ2n) is 3.83. The van der Waals surface area contributed by atoms with Gasteiger partial charge in [0.2, 0.25) is 0 Å². The first kappa shape index (κ1) is 8.68. The van der Waals surface area contributed by atoms with E-state index < -0.39 is 0 Å². The number of hydrogen-bond donors (Lipinski definition) is 0. The topological polar surface area (TPSA) is 29.5 Å². The molecule has 0 N–H and O–H groups in total. The van der Waals surface area contributed by atoms with Crippen LogP contribution in [0.1, 0.15) is 27.2 Å². The normalized spacial score (nSPS) is 22.3. The van der Waals surface area contributed by atoms with E-state index in [9.17, 15) is 4.79 Å². The van der Waals surface area contributed by atoms with Crippen LogP contribution in [0.2, 0.25) is 0 Å². The third-order valence-electron chi connectivity index (χ3n) is 1.70. The summed E-state index contributed by atoms with van der Waals surface area (Å²) in [4.78, 5) is 16.3. The lowest BCUT2D eigenvalue weighted by molar-refractivity contribution is -0.223. The maximum atomic E-state index is 11.0. The zero-order valence-corrected chi connectivity index (χ0v) is 7.39. The van der Waals surface area contributed by atoms with Crippen LogP contribution in [0.25, 0.3) is 0 Å². The summed E-state index contributed by atoms with van der Waals surface area (Å²) in [6.45, 7) is 7.07. The number of hydroxylamine groups is 2. The minimum Gasteiger partial charge on any atom is -0.298 e. The van der Waals surface area contributed by atoms with E-state index in [1.807, 2.05) is 20.8 Å². The summed E-state index contributed by atoms with van der Waals surface area (Å²) >= 11 is 0. The summed E-state index contributed by atoms with van der Waals surface area (Å²) in [6.07, 6.45) is 0.562. The van der Waals surface area contributed by atoms with Crippen molar-refractivity contribution in [3.63, 3.8) is 0 Å². The predicted molar refractivity (Wildman–Crippen MR) is 42.0 cm³/mol. The van der Waals surface area contributed by atoms with Gasteiger partial charge < -0.3 is 0 Å². The molecule has 1 saturated heterocycles. The first-order valence-corrected chi connectivity index (χ1v) is 3.92. The monoisotopic (exact) mass is 157 g/mol. The first-order chi connectivity index (χ1) is 5.00. The van der Waals surface area contributed by atoms with Crippen molar-refractivity contribution in [3.8, 4) is 0 Å². The van der Waals surface area contributed by atoms with E-state index >= 15 is 0 Å². The van der Waals surface area contributed by atoms with Crippen LogP contribution < -0.4 is 0 Å². The van der Waals surface area contributed by atoms with Crippen molar-refractivity contribution in [1.29, 1.82) is 0 Å². The zero-order chi connectivity index (χ0) is 8.48. The lowest BCUT2D eigenvalue weighted by Gasteiger charge is -2.36. The van der Waals surface area contributed by atoms with Gasteiger partial charge in [-0.3, -0.25) is 9.63 Å². The first-order valence-electron chi connectivity index (χ1n) is 3.92. The van der Waals surface area contributed by atoms with Crippen LogP contribution in [-0.4, -0.2) is 29.5 Å². The summed E-state index contributed by atoms with van der Waals surface area (Å²) in [5.41, 5.74) is -0.0594. The van der Waals surface area contributed by atoms with Gasteiger partial charge in [0.05, 0.1) is 13.2 Å². The number of nitrogens with zero attached hydrogens (tertiary/aromatic N) is 1. The highest BCUT2D eigenvalue weighted by molar-refractivity contribution is 5.80. The lowest BCUT2D eigenvalue weighted by Crippen LogP contribution is -2.47. The molecule has 0 aromatic rings. The van der Waals surface area contributed by atoms with Crippen molar-refractivity contribution in [1.82, 2.24) is 5.06 Å². The number of rotatable bonds is 0. The van der Waals surface area contributed by atoms with Crippen molar-refractivity contribution < 1.29 is 9.63 Å². The van der Waals surface area contributed by atoms with Crippen LogP contribution in [0.4, 0.5) is 0 Å². The Morgan fingerprint density at radius 3 is 2.45 bits per heavy atom. The Kier molecular flexibility index (Phi) is 2.30. The van der Waals surface area contributed by atoms with Crippen molar-refractivity contribution in [2.45, 2.75) is 32.7 Å². The molecule has 0 aromatic heterocycles. The van der Waals surface area contributed by atoms with Crippen LogP contribution in [0.3, 0.4) is 0 Å². The fourth-order valence-electron chi connectivity index (χ4n) is 0.985. The van der Waals surface area contributed by atoms with E-state index in [1.54, 1.807) is 5.06 Å². The summed E-state index contributed by atoms with van der Waals surface area (Å²) in [5.74, 6) is 0.270. The summed E-state index contributed by atoms with van der Waals surface area (Å²) in [5, 5.41) is 1.75. The average Bonchev–Trinajstić information content (AvgIpc) is 1.86. The van der Waals surface area contributed by atoms with E-state index in [0.717, 1.165) is 0 Å². The molecule has 3 nitrogen and oxygen atoms in total. The predicted octanol–water partition coefficient (Wildman–Crippen LogP) is 0.991. The molecule has 0 radical (unpaired) electrons. The smallest absolute Gasteiger partial charge is 0.151 e. The minimum absolute atomic E-state index is 0.0594. The highest BCUT2D eigenvalue weighted by atomic mass is 16.7. The van der Waals surface area contributed by atoms with Gasteiger partial charge in [0.25, 0.3) is 0 Å². The third-order valence-corrected chi connectivity index (χ3v) is 1.70. The Labute approximate surface area is 67.3 Å². The zero-order valence-electron chi connectivity index (χ0n) is 7.39. The fourth-order valence-corrected chi connectivity index (χ4v) is 0.985. The maximum Gasteiger partial charge on any atom is 0.151 e. The van der Waals surface area contributed by atoms with Gasteiger partial charge in [-0.15, -0.1) is 0 Å². The molecule has 11 heavy (non-hydrogen) atoms. The Hall–Kier alpha value is -0.410. The van der Waals surface area contributed by atoms with Gasteiger partial charge >= 0.3 is 0 Å². The molecule has 1 fully saturated rings. The molecule has 1 aliphatic rings. The number of ketones is 1. The Morgan fingerprint density at radius 1 is 1.45 bits per heavy atom. The summed E-state index contributed by atoms with van der Waals surface area (Å²) < 4.78 is 0. The molecule has 0 unspecified atom stereocenters. The highest BCUT2D eigenvalue weighted by Gasteiger charge is 2.27. The third kappa shape index (κ3) is 2.27. The van der Waals surface area contributed by atoms with Gasteiger partial charge in [0.15, 0.2) is 5.78 Å². The van der Waals surface area contributed by atoms with Crippen molar-refractivity contribution in [2.75, 3.05) is 13.2 Å². The van der Waals surface area contributed by atoms with Gasteiger partial charge in [-0.2, -0.15) is 5.06 Å². The highest BCUT2D eigenvalue weighted by Crippen LogP contribution is 2.16. The standard InChI is InChI=1S/C8H15NO2/c1-8(2,3)9-6-7(10)4-5-11-9/h4-6H2,1-3H3. The molecule has 0 spiro atoms. The lowest BCUT2D eigenvalue weighted by atomic mass is 10.1. The Bertz CT molecular complexity index is 160. The van der Waals surface area contributed by atoms with Crippen molar-refractivity contribution >= 4 is 5.78 Å². The van der Waals surface area contributed by atoms with E-state index in [0.29, 0.717) is 19.6 Å². The molecular formula is C8H15NO2. The van der Waals surface area contributed by atoms with Gasteiger partial charge in [-0.25, -0.2) is 0 Å². The quantitative estimate of drug-likeness (QED) is 0.525. The Balaban J connectivity index is 2.53. The van der Waals surface area contributed by atoms with Crippen LogP contribution in [-0.2, 0) is 9.63 Å². The van der Waals surface area contributed by atoms with E-state index in [-0.39, 0.29) is 11.3 Å².